The van der Waals surface area contributed by atoms with Crippen LogP contribution in [0.15, 0.2) is 40.4 Å². The first-order valence-electron chi connectivity index (χ1n) is 5.92. The molecule has 0 saturated carbocycles. The fourth-order valence-corrected chi connectivity index (χ4v) is 3.41. The van der Waals surface area contributed by atoms with Crippen LogP contribution in [-0.4, -0.2) is 4.98 Å². The molecule has 18 heavy (non-hydrogen) atoms. The van der Waals surface area contributed by atoms with Crippen molar-refractivity contribution in [2.45, 2.75) is 32.0 Å². The molecule has 0 saturated heterocycles. The fraction of sp³-hybridized carbons (Fsp3) is 0.357. The normalized spacial score (nSPS) is 13.0. The molecule has 0 fully saturated rings. The van der Waals surface area contributed by atoms with Crippen LogP contribution in [0.4, 0.5) is 0 Å². The first kappa shape index (κ1) is 13.4. The van der Waals surface area contributed by atoms with Crippen molar-refractivity contribution >= 4 is 33.5 Å². The van der Waals surface area contributed by atoms with E-state index in [0.29, 0.717) is 0 Å². The summed E-state index contributed by atoms with van der Waals surface area (Å²) in [5, 5.41) is 0. The predicted octanol–water partition coefficient (Wildman–Crippen LogP) is 4.84. The minimum Gasteiger partial charge on any atom is -0.328 e. The van der Waals surface area contributed by atoms with E-state index in [9.17, 15) is 0 Å². The van der Waals surface area contributed by atoms with Crippen LogP contribution >= 0.6 is 23.3 Å². The third-order valence-electron chi connectivity index (χ3n) is 2.22. The van der Waals surface area contributed by atoms with Crippen molar-refractivity contribution in [3.8, 4) is 0 Å². The van der Waals surface area contributed by atoms with Crippen molar-refractivity contribution in [3.63, 3.8) is 0 Å². The van der Waals surface area contributed by atoms with Crippen LogP contribution in [0.1, 0.15) is 27.7 Å². The van der Waals surface area contributed by atoms with E-state index in [1.54, 1.807) is 23.3 Å². The number of hydrogen-bond donors (Lipinski definition) is 1. The number of para-hydroxylation sites is 1. The van der Waals surface area contributed by atoms with E-state index >= 15 is 0 Å². The van der Waals surface area contributed by atoms with Crippen molar-refractivity contribution in [2.24, 2.45) is 5.41 Å². The molecule has 2 aromatic rings. The maximum Gasteiger partial charge on any atom is 0.171 e. The molecule has 1 aromatic heterocycles. The number of rotatable bonds is 3. The van der Waals surface area contributed by atoms with Gasteiger partial charge in [0.15, 0.2) is 4.34 Å². The van der Waals surface area contributed by atoms with Gasteiger partial charge in [-0.15, -0.1) is 11.3 Å². The number of benzene rings is 1. The molecule has 0 spiro atoms. The zero-order valence-electron chi connectivity index (χ0n) is 11.2. The first-order chi connectivity index (χ1) is 8.44. The molecule has 96 valence electrons. The number of fused-ring (bicyclic) bond motifs is 1. The van der Waals surface area contributed by atoms with Crippen molar-refractivity contribution in [1.82, 2.24) is 9.71 Å². The van der Waals surface area contributed by atoms with E-state index in [4.69, 9.17) is 0 Å². The van der Waals surface area contributed by atoms with E-state index in [1.807, 2.05) is 18.2 Å². The zero-order valence-corrected chi connectivity index (χ0v) is 12.8. The van der Waals surface area contributed by atoms with Gasteiger partial charge in [0.2, 0.25) is 0 Å². The van der Waals surface area contributed by atoms with Crippen LogP contribution in [0.3, 0.4) is 0 Å². The van der Waals surface area contributed by atoms with Gasteiger partial charge in [-0.3, -0.25) is 0 Å². The molecule has 0 amide bonds. The summed E-state index contributed by atoms with van der Waals surface area (Å²) in [4.78, 5) is 4.57. The van der Waals surface area contributed by atoms with Gasteiger partial charge in [-0.2, -0.15) is 0 Å². The average molecular weight is 278 g/mol. The van der Waals surface area contributed by atoms with Gasteiger partial charge in [0, 0.05) is 17.6 Å². The summed E-state index contributed by atoms with van der Waals surface area (Å²) in [7, 11) is 0. The average Bonchev–Trinajstić information content (AvgIpc) is 2.66. The lowest BCUT2D eigenvalue weighted by molar-refractivity contribution is 0.538. The highest BCUT2D eigenvalue weighted by atomic mass is 32.2. The SMILES string of the molecule is C/C(=C\C(C)(C)C)NSc1nc2ccccc2s1. The van der Waals surface area contributed by atoms with Crippen molar-refractivity contribution in [1.29, 1.82) is 0 Å². The number of hydrogen-bond acceptors (Lipinski definition) is 4. The number of nitrogens with one attached hydrogen (secondary N) is 1. The van der Waals surface area contributed by atoms with Gasteiger partial charge in [0.05, 0.1) is 10.2 Å². The lowest BCUT2D eigenvalue weighted by Gasteiger charge is -2.14. The van der Waals surface area contributed by atoms with E-state index in [2.05, 4.69) is 49.5 Å². The minimum absolute atomic E-state index is 0.200. The Morgan fingerprint density at radius 3 is 2.72 bits per heavy atom. The Balaban J connectivity index is 2.04. The van der Waals surface area contributed by atoms with Crippen LogP contribution in [0, 0.1) is 5.41 Å². The summed E-state index contributed by atoms with van der Waals surface area (Å²) in [5.41, 5.74) is 2.45. The van der Waals surface area contributed by atoms with Crippen molar-refractivity contribution in [3.05, 3.63) is 36.0 Å². The molecular weight excluding hydrogens is 260 g/mol. The molecule has 2 nitrogen and oxygen atoms in total. The topological polar surface area (TPSA) is 24.9 Å². The molecule has 0 unspecified atom stereocenters. The molecule has 0 aliphatic carbocycles. The lowest BCUT2D eigenvalue weighted by Crippen LogP contribution is -2.06. The Kier molecular flexibility index (Phi) is 3.97. The van der Waals surface area contributed by atoms with Gasteiger partial charge in [0.1, 0.15) is 0 Å². The van der Waals surface area contributed by atoms with E-state index in [0.717, 1.165) is 9.86 Å². The van der Waals surface area contributed by atoms with Crippen LogP contribution in [-0.2, 0) is 0 Å². The van der Waals surface area contributed by atoms with Crippen molar-refractivity contribution in [2.75, 3.05) is 0 Å². The van der Waals surface area contributed by atoms with Crippen LogP contribution in [0.2, 0.25) is 0 Å². The molecule has 1 heterocycles. The second-order valence-electron chi connectivity index (χ2n) is 5.34. The Hall–Kier alpha value is -1.00. The van der Waals surface area contributed by atoms with Gasteiger partial charge in [0.25, 0.3) is 0 Å². The van der Waals surface area contributed by atoms with Crippen LogP contribution in [0.25, 0.3) is 10.2 Å². The quantitative estimate of drug-likeness (QED) is 0.813. The molecule has 1 N–H and O–H groups in total. The van der Waals surface area contributed by atoms with Gasteiger partial charge in [-0.05, 0) is 24.5 Å². The van der Waals surface area contributed by atoms with E-state index in [1.165, 1.54) is 10.4 Å². The number of allylic oxidation sites excluding steroid dienone is 2. The van der Waals surface area contributed by atoms with Gasteiger partial charge in [-0.25, -0.2) is 4.98 Å². The second-order valence-corrected chi connectivity index (χ2v) is 7.43. The number of aromatic nitrogens is 1. The number of thiazole rings is 1. The van der Waals surface area contributed by atoms with Crippen molar-refractivity contribution < 1.29 is 0 Å². The Bertz CT molecular complexity index is 531. The lowest BCUT2D eigenvalue weighted by atomic mass is 9.96. The summed E-state index contributed by atoms with van der Waals surface area (Å²) in [6, 6.07) is 8.23. The molecule has 0 aliphatic rings. The molecule has 1 aromatic carbocycles. The van der Waals surface area contributed by atoms with Crippen LogP contribution < -0.4 is 4.72 Å². The van der Waals surface area contributed by atoms with Crippen LogP contribution in [0.5, 0.6) is 0 Å². The maximum absolute atomic E-state index is 4.57. The molecule has 0 aliphatic heterocycles. The van der Waals surface area contributed by atoms with Gasteiger partial charge < -0.3 is 4.72 Å². The third kappa shape index (κ3) is 3.75. The summed E-state index contributed by atoms with van der Waals surface area (Å²) >= 11 is 3.30. The molecule has 0 atom stereocenters. The largest absolute Gasteiger partial charge is 0.328 e. The summed E-state index contributed by atoms with van der Waals surface area (Å²) in [5.74, 6) is 0. The summed E-state index contributed by atoms with van der Waals surface area (Å²) in [6.07, 6.45) is 2.23. The molecule has 2 rings (SSSR count). The predicted molar refractivity (Wildman–Crippen MR) is 81.8 cm³/mol. The highest BCUT2D eigenvalue weighted by molar-refractivity contribution is 7.99. The Morgan fingerprint density at radius 1 is 1.33 bits per heavy atom. The Morgan fingerprint density at radius 2 is 2.06 bits per heavy atom. The Labute approximate surface area is 117 Å². The van der Waals surface area contributed by atoms with E-state index < -0.39 is 0 Å². The van der Waals surface area contributed by atoms with Gasteiger partial charge >= 0.3 is 0 Å². The monoisotopic (exact) mass is 278 g/mol. The van der Waals surface area contributed by atoms with Gasteiger partial charge in [-0.1, -0.05) is 39.0 Å². The maximum atomic E-state index is 4.57. The number of nitrogens with zero attached hydrogens (tertiary/aromatic N) is 1. The van der Waals surface area contributed by atoms with E-state index in [-0.39, 0.29) is 5.41 Å². The minimum atomic E-state index is 0.200. The molecular formula is C14H18N2S2. The smallest absolute Gasteiger partial charge is 0.171 e. The highest BCUT2D eigenvalue weighted by Crippen LogP contribution is 2.28. The third-order valence-corrected chi connectivity index (χ3v) is 4.24. The fourth-order valence-electron chi connectivity index (χ4n) is 1.70. The molecule has 0 bridgehead atoms. The summed E-state index contributed by atoms with van der Waals surface area (Å²) in [6.45, 7) is 8.67. The molecule has 4 heteroatoms. The zero-order chi connectivity index (χ0) is 13.2. The first-order valence-corrected chi connectivity index (χ1v) is 7.55. The highest BCUT2D eigenvalue weighted by Gasteiger charge is 2.07. The second kappa shape index (κ2) is 5.33. The molecule has 0 radical (unpaired) electrons. The summed E-state index contributed by atoms with van der Waals surface area (Å²) < 4.78 is 5.63. The standard InChI is InChI=1S/C14H18N2S2/c1-10(9-14(2,3)4)16-18-13-15-11-7-5-6-8-12(11)17-13/h5-9,16H,1-4H3/b10-9+.